The topological polar surface area (TPSA) is 237 Å². The summed E-state index contributed by atoms with van der Waals surface area (Å²) in [5.41, 5.74) is 6.73. The van der Waals surface area contributed by atoms with E-state index in [4.69, 9.17) is 37.9 Å². The second kappa shape index (κ2) is 22.2. The Morgan fingerprint density at radius 1 is 0.643 bits per heavy atom. The Morgan fingerprint density at radius 3 is 1.59 bits per heavy atom. The van der Waals surface area contributed by atoms with Crippen LogP contribution in [0.15, 0.2) is 53.6 Å². The number of fused-ring (bicyclic) bond motifs is 3. The zero-order valence-corrected chi connectivity index (χ0v) is 43.8. The third-order valence-electron chi connectivity index (χ3n) is 11.3. The van der Waals surface area contributed by atoms with Gasteiger partial charge in [-0.2, -0.15) is 0 Å². The highest BCUT2D eigenvalue weighted by molar-refractivity contribution is 5.82. The second-order valence-corrected chi connectivity index (χ2v) is 23.3. The van der Waals surface area contributed by atoms with Crippen LogP contribution in [-0.2, 0) is 61.9 Å². The maximum atomic E-state index is 13.9. The van der Waals surface area contributed by atoms with Crippen molar-refractivity contribution in [3.63, 3.8) is 0 Å². The van der Waals surface area contributed by atoms with Gasteiger partial charge in [0.1, 0.15) is 31.0 Å². The van der Waals surface area contributed by atoms with Gasteiger partial charge in [0.25, 0.3) is 0 Å². The average molecular weight is 979 g/mol. The Hall–Kier alpha value is -5.71. The largest absolute Gasteiger partial charge is 0.462 e. The molecule has 0 unspecified atom stereocenters. The second-order valence-electron chi connectivity index (χ2n) is 23.3. The van der Waals surface area contributed by atoms with Crippen LogP contribution in [0.4, 0.5) is 4.79 Å². The Bertz CT molecular complexity index is 2230. The minimum absolute atomic E-state index is 0.0362. The quantitative estimate of drug-likeness (QED) is 0.0542. The Morgan fingerprint density at radius 2 is 1.11 bits per heavy atom. The van der Waals surface area contributed by atoms with Crippen molar-refractivity contribution < 1.29 is 66.7 Å². The minimum Gasteiger partial charge on any atom is -0.462 e. The predicted molar refractivity (Wildman–Crippen MR) is 258 cm³/mol. The summed E-state index contributed by atoms with van der Waals surface area (Å²) < 4.78 is 48.9. The number of nitrogens with one attached hydrogen (secondary N) is 1. The van der Waals surface area contributed by atoms with E-state index in [1.54, 1.807) is 111 Å². The van der Waals surface area contributed by atoms with E-state index in [0.29, 0.717) is 0 Å². The number of carbonyl (C=O) groups excluding carboxylic acids is 6. The molecule has 2 aromatic carbocycles. The Labute approximate surface area is 412 Å². The summed E-state index contributed by atoms with van der Waals surface area (Å²) in [7, 11) is 0. The van der Waals surface area contributed by atoms with Crippen LogP contribution in [0, 0.1) is 21.7 Å². The zero-order chi connectivity index (χ0) is 52.8. The monoisotopic (exact) mass is 979 g/mol. The highest BCUT2D eigenvalue weighted by Gasteiger charge is 2.56. The van der Waals surface area contributed by atoms with Gasteiger partial charge in [0.2, 0.25) is 0 Å². The van der Waals surface area contributed by atoms with Crippen molar-refractivity contribution in [2.75, 3.05) is 19.8 Å². The number of amides is 1. The average Bonchev–Trinajstić information content (AvgIpc) is 3.56. The van der Waals surface area contributed by atoms with Crippen molar-refractivity contribution in [1.29, 1.82) is 0 Å². The van der Waals surface area contributed by atoms with Gasteiger partial charge in [0.05, 0.1) is 33.8 Å². The first-order valence-corrected chi connectivity index (χ1v) is 23.6. The normalized spacial score (nSPS) is 20.8. The number of nitrogens with zero attached hydrogens (tertiary/aromatic N) is 3. The number of esters is 5. The van der Waals surface area contributed by atoms with Crippen LogP contribution < -0.4 is 5.32 Å². The molecule has 2 aromatic rings. The molecular weight excluding hydrogens is 905 g/mol. The Kier molecular flexibility index (Phi) is 18.0. The van der Waals surface area contributed by atoms with Gasteiger partial charge in [-0.05, 0) is 151 Å². The molecule has 4 rings (SSSR count). The van der Waals surface area contributed by atoms with Crippen LogP contribution in [0.2, 0.25) is 0 Å². The van der Waals surface area contributed by atoms with E-state index < -0.39 is 119 Å². The van der Waals surface area contributed by atoms with E-state index in [0.717, 1.165) is 22.3 Å². The van der Waals surface area contributed by atoms with Crippen LogP contribution in [0.3, 0.4) is 0 Å². The summed E-state index contributed by atoms with van der Waals surface area (Å²) in [6, 6.07) is 14.4. The molecule has 1 heterocycles. The SMILES string of the molecule is CC(C)(C)OC(=O)[C@H](CC[C@](C)(CN=[N+]=[N-])O[C@@H]1O[C@H](COC(=O)C(C)(C)C)[C@H](OC(=O)C(C)(C)C)[C@H](OC(=O)C(C)(C)C)[C@H]1OC(=O)C(C)(C)C)NC(=O)OCC1c2ccccc2-c2ccccc21. The third kappa shape index (κ3) is 15.4. The summed E-state index contributed by atoms with van der Waals surface area (Å²) in [5, 5.41) is 6.49. The summed E-state index contributed by atoms with van der Waals surface area (Å²) in [6.45, 7) is 25.0. The van der Waals surface area contributed by atoms with Crippen LogP contribution in [0.1, 0.15) is 141 Å². The summed E-state index contributed by atoms with van der Waals surface area (Å²) in [6.07, 6.45) is -9.18. The van der Waals surface area contributed by atoms with Gasteiger partial charge in [-0.1, -0.05) is 53.6 Å². The molecule has 1 N–H and O–H groups in total. The summed E-state index contributed by atoms with van der Waals surface area (Å²) in [5.74, 6) is -3.98. The zero-order valence-electron chi connectivity index (χ0n) is 43.8. The third-order valence-corrected chi connectivity index (χ3v) is 11.3. The van der Waals surface area contributed by atoms with Gasteiger partial charge in [-0.3, -0.25) is 19.2 Å². The molecule has 1 fully saturated rings. The molecule has 18 nitrogen and oxygen atoms in total. The lowest BCUT2D eigenvalue weighted by Crippen LogP contribution is -2.65. The van der Waals surface area contributed by atoms with E-state index in [2.05, 4.69) is 15.3 Å². The predicted octanol–water partition coefficient (Wildman–Crippen LogP) is 9.29. The van der Waals surface area contributed by atoms with Crippen LogP contribution in [-0.4, -0.2) is 104 Å². The molecule has 0 bridgehead atoms. The number of ether oxygens (including phenoxy) is 8. The van der Waals surface area contributed by atoms with Crippen molar-refractivity contribution in [2.45, 2.75) is 177 Å². The molecule has 7 atom stereocenters. The molecular formula is C52H74N4O14. The number of carbonyl (C=O) groups is 6. The Balaban J connectivity index is 1.75. The summed E-state index contributed by atoms with van der Waals surface area (Å²) >= 11 is 0. The fraction of sp³-hybridized carbons (Fsp3) is 0.654. The van der Waals surface area contributed by atoms with E-state index in [1.807, 2.05) is 48.5 Å². The number of hydrogen-bond acceptors (Lipinski definition) is 15. The lowest BCUT2D eigenvalue weighted by molar-refractivity contribution is -0.331. The fourth-order valence-corrected chi connectivity index (χ4v) is 7.28. The van der Waals surface area contributed by atoms with Crippen molar-refractivity contribution in [2.24, 2.45) is 26.8 Å². The van der Waals surface area contributed by atoms with E-state index in [1.165, 1.54) is 0 Å². The van der Waals surface area contributed by atoms with Crippen LogP contribution in [0.5, 0.6) is 0 Å². The van der Waals surface area contributed by atoms with E-state index in [9.17, 15) is 34.3 Å². The molecule has 1 aliphatic heterocycles. The van der Waals surface area contributed by atoms with Crippen molar-refractivity contribution in [3.05, 3.63) is 70.1 Å². The maximum Gasteiger partial charge on any atom is 0.407 e. The number of hydrogen-bond donors (Lipinski definition) is 1. The fourth-order valence-electron chi connectivity index (χ4n) is 7.28. The minimum atomic E-state index is -1.71. The summed E-state index contributed by atoms with van der Waals surface area (Å²) in [4.78, 5) is 85.2. The molecule has 0 aromatic heterocycles. The first kappa shape index (κ1) is 56.9. The van der Waals surface area contributed by atoms with Gasteiger partial charge < -0.3 is 43.2 Å². The van der Waals surface area contributed by atoms with Gasteiger partial charge >= 0.3 is 35.9 Å². The van der Waals surface area contributed by atoms with Crippen molar-refractivity contribution in [3.8, 4) is 11.1 Å². The lowest BCUT2D eigenvalue weighted by atomic mass is 9.92. The molecule has 0 radical (unpaired) electrons. The molecule has 0 saturated carbocycles. The van der Waals surface area contributed by atoms with Gasteiger partial charge in [-0.25, -0.2) is 9.59 Å². The number of rotatable bonds is 16. The number of azide groups is 1. The highest BCUT2D eigenvalue weighted by atomic mass is 16.7. The van der Waals surface area contributed by atoms with Crippen LogP contribution in [0.25, 0.3) is 21.6 Å². The molecule has 18 heteroatoms. The maximum absolute atomic E-state index is 13.9. The lowest BCUT2D eigenvalue weighted by Gasteiger charge is -2.47. The molecule has 2 aliphatic rings. The molecule has 1 amide bonds. The molecule has 1 saturated heterocycles. The first-order valence-electron chi connectivity index (χ1n) is 23.6. The first-order chi connectivity index (χ1) is 32.1. The number of benzene rings is 2. The van der Waals surface area contributed by atoms with Crippen molar-refractivity contribution in [1.82, 2.24) is 5.32 Å². The standard InChI is InChI=1S/C52H74N4O14/c1-47(2,3)42(58)63-28-36-37(66-43(59)48(4,5)6)38(67-44(60)49(7,8)9)39(68-45(61)50(10,11)12)41(65-36)70-52(16,29-54-56-53)26-25-35(40(57)69-51(13,14)15)55-46(62)64-27-34-32-23-19-17-21-30(32)31-22-18-20-24-33(31)34/h17-24,34-39,41H,25-29H2,1-16H3,(H,55,62)/t35-,36+,37-,38-,39+,41-,52+/m0/s1. The molecule has 0 spiro atoms. The van der Waals surface area contributed by atoms with Gasteiger partial charge in [-0.15, -0.1) is 0 Å². The van der Waals surface area contributed by atoms with Gasteiger partial charge in [0, 0.05) is 10.8 Å². The molecule has 386 valence electrons. The smallest absolute Gasteiger partial charge is 0.407 e. The molecule has 70 heavy (non-hydrogen) atoms. The number of alkyl carbamates (subject to hydrolysis) is 1. The van der Waals surface area contributed by atoms with Crippen LogP contribution >= 0.6 is 0 Å². The van der Waals surface area contributed by atoms with E-state index in [-0.39, 0.29) is 25.4 Å². The highest BCUT2D eigenvalue weighted by Crippen LogP contribution is 2.45. The molecule has 1 aliphatic carbocycles. The van der Waals surface area contributed by atoms with E-state index >= 15 is 0 Å². The van der Waals surface area contributed by atoms with Gasteiger partial charge in [0.15, 0.2) is 24.6 Å². The van der Waals surface area contributed by atoms with Crippen molar-refractivity contribution >= 4 is 35.9 Å².